The van der Waals surface area contributed by atoms with Crippen molar-refractivity contribution in [3.63, 3.8) is 0 Å². The van der Waals surface area contributed by atoms with E-state index >= 15 is 0 Å². The molecule has 0 unspecified atom stereocenters. The molecule has 154 valence electrons. The molecule has 0 aliphatic carbocycles. The first-order valence-corrected chi connectivity index (χ1v) is 9.81. The van der Waals surface area contributed by atoms with Gasteiger partial charge in [0.2, 0.25) is 0 Å². The van der Waals surface area contributed by atoms with Gasteiger partial charge in [0.25, 0.3) is 5.91 Å². The molecule has 6 nitrogen and oxygen atoms in total. The maximum absolute atomic E-state index is 13.4. The molecule has 3 aromatic rings. The molecule has 30 heavy (non-hydrogen) atoms. The summed E-state index contributed by atoms with van der Waals surface area (Å²) in [7, 11) is 0. The van der Waals surface area contributed by atoms with E-state index in [1.807, 2.05) is 42.7 Å². The van der Waals surface area contributed by atoms with E-state index in [0.29, 0.717) is 24.7 Å². The van der Waals surface area contributed by atoms with Crippen molar-refractivity contribution in [2.75, 3.05) is 18.5 Å². The van der Waals surface area contributed by atoms with Gasteiger partial charge in [-0.1, -0.05) is 17.7 Å². The molecule has 0 saturated heterocycles. The number of carbonyl (C=O) groups is 1. The Bertz CT molecular complexity index is 1070. The number of hydrogen-bond acceptors (Lipinski definition) is 4. The number of benzene rings is 2. The number of aryl methyl sites for hydroxylation is 1. The number of carbonyl (C=O) groups excluding carboxylic acids is 1. The molecule has 2 heterocycles. The van der Waals surface area contributed by atoms with Crippen molar-refractivity contribution in [2.45, 2.75) is 20.4 Å². The van der Waals surface area contributed by atoms with Gasteiger partial charge in [-0.2, -0.15) is 0 Å². The molecule has 1 aliphatic heterocycles. The molecule has 0 fully saturated rings. The van der Waals surface area contributed by atoms with Crippen molar-refractivity contribution in [3.05, 3.63) is 71.9 Å². The first-order chi connectivity index (χ1) is 14.5. The number of nitrogens with one attached hydrogen (secondary N) is 1. The Kier molecular flexibility index (Phi) is 5.63. The molecular formula is C23H23FN4O2. The average Bonchev–Trinajstić information content (AvgIpc) is 3.11. The van der Waals surface area contributed by atoms with Crippen LogP contribution in [0.3, 0.4) is 0 Å². The lowest BCUT2D eigenvalue weighted by atomic mass is 10.1. The predicted molar refractivity (Wildman–Crippen MR) is 114 cm³/mol. The van der Waals surface area contributed by atoms with E-state index in [0.717, 1.165) is 22.6 Å². The molecule has 0 spiro atoms. The Morgan fingerprint density at radius 1 is 1.13 bits per heavy atom. The molecule has 0 atom stereocenters. The van der Waals surface area contributed by atoms with E-state index in [-0.39, 0.29) is 18.3 Å². The molecule has 0 saturated carbocycles. The van der Waals surface area contributed by atoms with E-state index in [2.05, 4.69) is 5.32 Å². The lowest BCUT2D eigenvalue weighted by molar-refractivity contribution is -0.134. The number of rotatable bonds is 6. The number of fused-ring (bicyclic) bond motifs is 1. The molecule has 0 bridgehead atoms. The highest BCUT2D eigenvalue weighted by Crippen LogP contribution is 2.33. The number of hydrogen-bond donors (Lipinski definition) is 1. The summed E-state index contributed by atoms with van der Waals surface area (Å²) in [6.07, 6.45) is 3.53. The number of anilines is 2. The predicted octanol–water partition coefficient (Wildman–Crippen LogP) is 4.55. The van der Waals surface area contributed by atoms with E-state index in [9.17, 15) is 9.18 Å². The largest absolute Gasteiger partial charge is 0.372 e. The molecule has 0 radical (unpaired) electrons. The molecular weight excluding hydrogens is 383 g/mol. The number of amides is 1. The van der Waals surface area contributed by atoms with Crippen LogP contribution in [0.1, 0.15) is 18.3 Å². The quantitative estimate of drug-likeness (QED) is 0.653. The summed E-state index contributed by atoms with van der Waals surface area (Å²) in [4.78, 5) is 18.7. The van der Waals surface area contributed by atoms with Gasteiger partial charge < -0.3 is 15.0 Å². The molecule has 2 aromatic carbocycles. The molecule has 1 N–H and O–H groups in total. The van der Waals surface area contributed by atoms with Crippen molar-refractivity contribution >= 4 is 23.6 Å². The monoisotopic (exact) mass is 406 g/mol. The third-order valence-corrected chi connectivity index (χ3v) is 4.87. The molecule has 4 rings (SSSR count). The normalized spacial score (nSPS) is 12.7. The summed E-state index contributed by atoms with van der Waals surface area (Å²) in [5.74, 6) is 1.03. The van der Waals surface area contributed by atoms with E-state index in [1.165, 1.54) is 12.1 Å². The minimum atomic E-state index is -0.302. The van der Waals surface area contributed by atoms with Gasteiger partial charge in [-0.05, 0) is 50.2 Å². The molecule has 1 aliphatic rings. The molecule has 1 amide bonds. The fourth-order valence-corrected chi connectivity index (χ4v) is 3.25. The van der Waals surface area contributed by atoms with Crippen LogP contribution in [-0.4, -0.2) is 33.6 Å². The Morgan fingerprint density at radius 2 is 1.87 bits per heavy atom. The minimum Gasteiger partial charge on any atom is -0.372 e. The van der Waals surface area contributed by atoms with Crippen LogP contribution in [0.2, 0.25) is 0 Å². The van der Waals surface area contributed by atoms with Gasteiger partial charge in [-0.3, -0.25) is 9.36 Å². The van der Waals surface area contributed by atoms with Crippen LogP contribution in [0.15, 0.2) is 54.7 Å². The number of nitrogens with zero attached hydrogens (tertiary/aromatic N) is 3. The third kappa shape index (κ3) is 4.11. The van der Waals surface area contributed by atoms with Crippen LogP contribution in [-0.2, 0) is 16.1 Å². The van der Waals surface area contributed by atoms with Gasteiger partial charge in [0.05, 0.1) is 6.54 Å². The summed E-state index contributed by atoms with van der Waals surface area (Å²) in [6, 6.07) is 14.3. The van der Waals surface area contributed by atoms with E-state index in [4.69, 9.17) is 9.72 Å². The van der Waals surface area contributed by atoms with Gasteiger partial charge in [0.15, 0.2) is 0 Å². The fraction of sp³-hybridized carbons (Fsp3) is 0.217. The lowest BCUT2D eigenvalue weighted by Gasteiger charge is -2.22. The summed E-state index contributed by atoms with van der Waals surface area (Å²) in [6.45, 7) is 4.72. The van der Waals surface area contributed by atoms with Crippen LogP contribution in [0.25, 0.3) is 17.5 Å². The fourth-order valence-electron chi connectivity index (χ4n) is 3.25. The van der Waals surface area contributed by atoms with Crippen molar-refractivity contribution in [3.8, 4) is 11.3 Å². The third-order valence-electron chi connectivity index (χ3n) is 4.87. The number of imidazole rings is 1. The maximum atomic E-state index is 13.4. The molecule has 1 aromatic heterocycles. The van der Waals surface area contributed by atoms with Gasteiger partial charge in [-0.25, -0.2) is 9.37 Å². The standard InChI is InChI=1S/C23H23FN4O2/c1-3-30-15-21(29)27-12-13-28-20(14-27)26-22(17-6-8-18(24)9-7-17)23(28)25-19-10-4-16(2)5-11-19/h4-13,25H,3,14-15H2,1-2H3. The average molecular weight is 406 g/mol. The van der Waals surface area contributed by atoms with Crippen LogP contribution >= 0.6 is 0 Å². The Morgan fingerprint density at radius 3 is 2.57 bits per heavy atom. The van der Waals surface area contributed by atoms with Crippen LogP contribution in [0.5, 0.6) is 0 Å². The summed E-state index contributed by atoms with van der Waals surface area (Å²) >= 11 is 0. The zero-order valence-electron chi connectivity index (χ0n) is 16.9. The van der Waals surface area contributed by atoms with Crippen LogP contribution < -0.4 is 5.32 Å². The van der Waals surface area contributed by atoms with Gasteiger partial charge in [0.1, 0.15) is 29.8 Å². The second-order valence-corrected chi connectivity index (χ2v) is 7.05. The van der Waals surface area contributed by atoms with Gasteiger partial charge in [-0.15, -0.1) is 0 Å². The smallest absolute Gasteiger partial charge is 0.252 e. The number of halogens is 1. The Hall–Kier alpha value is -3.45. The number of aromatic nitrogens is 2. The Balaban J connectivity index is 1.71. The lowest BCUT2D eigenvalue weighted by Crippen LogP contribution is -2.32. The van der Waals surface area contributed by atoms with E-state index < -0.39 is 0 Å². The highest BCUT2D eigenvalue weighted by atomic mass is 19.1. The van der Waals surface area contributed by atoms with Crippen molar-refractivity contribution in [1.29, 1.82) is 0 Å². The summed E-state index contributed by atoms with van der Waals surface area (Å²) in [5, 5.41) is 3.43. The SMILES string of the molecule is CCOCC(=O)N1C=Cn2c(nc(-c3ccc(F)cc3)c2Nc2ccc(C)cc2)C1. The topological polar surface area (TPSA) is 59.4 Å². The van der Waals surface area contributed by atoms with Crippen molar-refractivity contribution in [2.24, 2.45) is 0 Å². The van der Waals surface area contributed by atoms with Crippen molar-refractivity contribution < 1.29 is 13.9 Å². The second kappa shape index (κ2) is 8.51. The highest BCUT2D eigenvalue weighted by molar-refractivity contribution is 5.81. The first kappa shape index (κ1) is 19.8. The van der Waals surface area contributed by atoms with Gasteiger partial charge in [0, 0.05) is 30.3 Å². The van der Waals surface area contributed by atoms with Gasteiger partial charge >= 0.3 is 0 Å². The molecule has 7 heteroatoms. The Labute approximate surface area is 174 Å². The summed E-state index contributed by atoms with van der Waals surface area (Å²) in [5.41, 5.74) is 3.55. The minimum absolute atomic E-state index is 0.0286. The summed E-state index contributed by atoms with van der Waals surface area (Å²) < 4.78 is 20.6. The van der Waals surface area contributed by atoms with E-state index in [1.54, 1.807) is 29.4 Å². The van der Waals surface area contributed by atoms with Crippen molar-refractivity contribution in [1.82, 2.24) is 14.5 Å². The highest BCUT2D eigenvalue weighted by Gasteiger charge is 2.24. The van der Waals surface area contributed by atoms with Crippen LogP contribution in [0.4, 0.5) is 15.9 Å². The zero-order chi connectivity index (χ0) is 21.1. The maximum Gasteiger partial charge on any atom is 0.252 e. The van der Waals surface area contributed by atoms with Crippen LogP contribution in [0, 0.1) is 12.7 Å². The zero-order valence-corrected chi connectivity index (χ0v) is 16.9. The second-order valence-electron chi connectivity index (χ2n) is 7.05. The number of ether oxygens (including phenoxy) is 1. The first-order valence-electron chi connectivity index (χ1n) is 9.81.